The van der Waals surface area contributed by atoms with Gasteiger partial charge in [0.2, 0.25) is 0 Å². The summed E-state index contributed by atoms with van der Waals surface area (Å²) in [4.78, 5) is 16.9. The number of aryl methyl sites for hydroxylation is 1. The summed E-state index contributed by atoms with van der Waals surface area (Å²) in [6.45, 7) is 10.1. The van der Waals surface area contributed by atoms with E-state index in [1.54, 1.807) is 6.20 Å². The maximum Gasteiger partial charge on any atom is 0.253 e. The molecule has 8 heteroatoms. The Hall–Kier alpha value is -1.37. The highest BCUT2D eigenvalue weighted by molar-refractivity contribution is 5.98. The summed E-state index contributed by atoms with van der Waals surface area (Å²) in [5.74, 6) is -0.158. The molecule has 6 nitrogen and oxygen atoms in total. The Bertz CT molecular complexity index is 682. The molecule has 0 aliphatic heterocycles. The Morgan fingerprint density at radius 2 is 2.00 bits per heavy atom. The van der Waals surface area contributed by atoms with Gasteiger partial charge in [0.15, 0.2) is 5.65 Å². The summed E-state index contributed by atoms with van der Waals surface area (Å²) < 4.78 is 1.85. The van der Waals surface area contributed by atoms with Crippen LogP contribution in [0.1, 0.15) is 49.8 Å². The minimum atomic E-state index is -0.444. The molecule has 3 N–H and O–H groups in total. The minimum Gasteiger partial charge on any atom is -0.346 e. The highest BCUT2D eigenvalue weighted by Gasteiger charge is 2.21. The van der Waals surface area contributed by atoms with Gasteiger partial charge in [-0.05, 0) is 40.7 Å². The van der Waals surface area contributed by atoms with Gasteiger partial charge < -0.3 is 11.1 Å². The van der Waals surface area contributed by atoms with Crippen LogP contribution in [0.3, 0.4) is 0 Å². The molecule has 0 unspecified atom stereocenters. The van der Waals surface area contributed by atoms with Crippen LogP contribution in [-0.2, 0) is 0 Å². The molecule has 2 aromatic heterocycles. The third-order valence-corrected chi connectivity index (χ3v) is 3.46. The van der Waals surface area contributed by atoms with E-state index in [1.807, 2.05) is 45.4 Å². The van der Waals surface area contributed by atoms with E-state index >= 15 is 0 Å². The van der Waals surface area contributed by atoms with E-state index in [2.05, 4.69) is 15.4 Å². The number of hydrogen-bond acceptors (Lipinski definition) is 4. The Balaban J connectivity index is 0.00000242. The maximum absolute atomic E-state index is 12.4. The van der Waals surface area contributed by atoms with Crippen LogP contribution in [0, 0.1) is 6.92 Å². The molecule has 0 aliphatic carbocycles. The third-order valence-electron chi connectivity index (χ3n) is 3.46. The number of rotatable bonds is 4. The number of hydrogen-bond donors (Lipinski definition) is 2. The van der Waals surface area contributed by atoms with Crippen LogP contribution in [0.4, 0.5) is 0 Å². The van der Waals surface area contributed by atoms with Crippen molar-refractivity contribution in [1.82, 2.24) is 20.1 Å². The quantitative estimate of drug-likeness (QED) is 0.876. The van der Waals surface area contributed by atoms with Gasteiger partial charge in [-0.25, -0.2) is 9.67 Å². The molecule has 0 atom stereocenters. The van der Waals surface area contributed by atoms with Gasteiger partial charge in [0.05, 0.1) is 17.5 Å². The van der Waals surface area contributed by atoms with Crippen LogP contribution in [0.5, 0.6) is 0 Å². The second-order valence-corrected chi connectivity index (χ2v) is 6.26. The van der Waals surface area contributed by atoms with E-state index in [0.717, 1.165) is 11.0 Å². The fourth-order valence-electron chi connectivity index (χ4n) is 2.10. The fraction of sp³-hybridized carbons (Fsp3) is 0.533. The standard InChI is InChI=1S/C15H23N5O.2ClH/c1-9(2)20-13-11(7-17-20)6-12(10(3)18-13)14(21)19-15(4,5)8-16;;/h6-7,9H,8,16H2,1-5H3,(H,19,21);2*1H. The molecule has 2 aromatic rings. The lowest BCUT2D eigenvalue weighted by molar-refractivity contribution is 0.0915. The molecule has 0 spiro atoms. The molecule has 23 heavy (non-hydrogen) atoms. The molecular formula is C15H25Cl2N5O. The summed E-state index contributed by atoms with van der Waals surface area (Å²) in [7, 11) is 0. The van der Waals surface area contributed by atoms with Crippen LogP contribution in [0.2, 0.25) is 0 Å². The molecule has 0 aliphatic rings. The van der Waals surface area contributed by atoms with Crippen LogP contribution in [0.25, 0.3) is 11.0 Å². The van der Waals surface area contributed by atoms with E-state index in [9.17, 15) is 4.79 Å². The van der Waals surface area contributed by atoms with E-state index in [4.69, 9.17) is 5.73 Å². The first-order valence-corrected chi connectivity index (χ1v) is 7.12. The summed E-state index contributed by atoms with van der Waals surface area (Å²) >= 11 is 0. The van der Waals surface area contributed by atoms with E-state index < -0.39 is 5.54 Å². The van der Waals surface area contributed by atoms with Gasteiger partial charge in [0.1, 0.15) is 0 Å². The molecule has 0 bridgehead atoms. The number of amides is 1. The van der Waals surface area contributed by atoms with Gasteiger partial charge in [0.25, 0.3) is 5.91 Å². The van der Waals surface area contributed by atoms with Crippen molar-refractivity contribution >= 4 is 41.8 Å². The SMILES string of the molecule is Cc1nc2c(cnn2C(C)C)cc1C(=O)NC(C)(C)CN.Cl.Cl. The van der Waals surface area contributed by atoms with Crippen molar-refractivity contribution in [2.24, 2.45) is 5.73 Å². The molecular weight excluding hydrogens is 337 g/mol. The lowest BCUT2D eigenvalue weighted by Gasteiger charge is -2.24. The molecule has 2 rings (SSSR count). The van der Waals surface area contributed by atoms with Gasteiger partial charge in [-0.15, -0.1) is 24.8 Å². The number of nitrogens with zero attached hydrogens (tertiary/aromatic N) is 3. The van der Waals surface area contributed by atoms with Crippen molar-refractivity contribution < 1.29 is 4.79 Å². The Morgan fingerprint density at radius 1 is 1.39 bits per heavy atom. The van der Waals surface area contributed by atoms with E-state index in [1.165, 1.54) is 0 Å². The van der Waals surface area contributed by atoms with Crippen LogP contribution < -0.4 is 11.1 Å². The smallest absolute Gasteiger partial charge is 0.253 e. The number of carbonyl (C=O) groups excluding carboxylic acids is 1. The van der Waals surface area contributed by atoms with E-state index in [0.29, 0.717) is 17.8 Å². The fourth-order valence-corrected chi connectivity index (χ4v) is 2.10. The second kappa shape index (κ2) is 7.95. The molecule has 1 amide bonds. The highest BCUT2D eigenvalue weighted by atomic mass is 35.5. The molecule has 0 radical (unpaired) electrons. The molecule has 0 aromatic carbocycles. The Morgan fingerprint density at radius 3 is 2.52 bits per heavy atom. The molecule has 0 saturated carbocycles. The zero-order valence-corrected chi connectivity index (χ0v) is 15.7. The van der Waals surface area contributed by atoms with Crippen molar-refractivity contribution in [2.45, 2.75) is 46.2 Å². The maximum atomic E-state index is 12.4. The molecule has 130 valence electrons. The largest absolute Gasteiger partial charge is 0.346 e. The topological polar surface area (TPSA) is 85.8 Å². The Labute approximate surface area is 149 Å². The molecule has 0 saturated heterocycles. The number of carbonyl (C=O) groups is 1. The zero-order chi connectivity index (χ0) is 15.8. The lowest BCUT2D eigenvalue weighted by Crippen LogP contribution is -2.49. The van der Waals surface area contributed by atoms with Gasteiger partial charge in [-0.3, -0.25) is 4.79 Å². The highest BCUT2D eigenvalue weighted by Crippen LogP contribution is 2.19. The van der Waals surface area contributed by atoms with E-state index in [-0.39, 0.29) is 36.8 Å². The number of fused-ring (bicyclic) bond motifs is 1. The normalized spacial score (nSPS) is 11.1. The van der Waals surface area contributed by atoms with Gasteiger partial charge in [0, 0.05) is 23.5 Å². The molecule has 2 heterocycles. The summed E-state index contributed by atoms with van der Waals surface area (Å²) in [6, 6.07) is 2.07. The van der Waals surface area contributed by atoms with Crippen molar-refractivity contribution in [3.63, 3.8) is 0 Å². The second-order valence-electron chi connectivity index (χ2n) is 6.26. The van der Waals surface area contributed by atoms with Crippen molar-refractivity contribution in [1.29, 1.82) is 0 Å². The van der Waals surface area contributed by atoms with Crippen LogP contribution in [0.15, 0.2) is 12.3 Å². The number of halogens is 2. The molecule has 0 fully saturated rings. The lowest BCUT2D eigenvalue weighted by atomic mass is 10.0. The van der Waals surface area contributed by atoms with Gasteiger partial charge in [-0.1, -0.05) is 0 Å². The van der Waals surface area contributed by atoms with Crippen molar-refractivity contribution in [3.8, 4) is 0 Å². The first-order chi connectivity index (χ1) is 9.75. The van der Waals surface area contributed by atoms with Crippen LogP contribution >= 0.6 is 24.8 Å². The zero-order valence-electron chi connectivity index (χ0n) is 14.1. The minimum absolute atomic E-state index is 0. The average molecular weight is 362 g/mol. The van der Waals surface area contributed by atoms with Gasteiger partial charge in [-0.2, -0.15) is 5.10 Å². The number of nitrogens with two attached hydrogens (primary N) is 1. The van der Waals surface area contributed by atoms with Crippen molar-refractivity contribution in [3.05, 3.63) is 23.5 Å². The first kappa shape index (κ1) is 21.6. The third kappa shape index (κ3) is 4.56. The summed E-state index contributed by atoms with van der Waals surface area (Å²) in [6.07, 6.45) is 1.74. The predicted octanol–water partition coefficient (Wildman–Crippen LogP) is 2.63. The number of nitrogens with one attached hydrogen (secondary N) is 1. The monoisotopic (exact) mass is 361 g/mol. The summed E-state index contributed by atoms with van der Waals surface area (Å²) in [5.41, 5.74) is 7.27. The summed E-state index contributed by atoms with van der Waals surface area (Å²) in [5, 5.41) is 8.12. The number of pyridine rings is 1. The number of aromatic nitrogens is 3. The van der Waals surface area contributed by atoms with Crippen molar-refractivity contribution in [2.75, 3.05) is 6.54 Å². The average Bonchev–Trinajstić information content (AvgIpc) is 2.80. The predicted molar refractivity (Wildman–Crippen MR) is 97.7 cm³/mol. The van der Waals surface area contributed by atoms with Crippen LogP contribution in [-0.4, -0.2) is 32.8 Å². The Kier molecular flexibility index (Phi) is 7.47. The van der Waals surface area contributed by atoms with Gasteiger partial charge >= 0.3 is 0 Å². The first-order valence-electron chi connectivity index (χ1n) is 7.12.